The fourth-order valence-corrected chi connectivity index (χ4v) is 3.13. The molecule has 0 spiro atoms. The van der Waals surface area contributed by atoms with Gasteiger partial charge in [0.25, 0.3) is 0 Å². The Morgan fingerprint density at radius 2 is 2.21 bits per heavy atom. The van der Waals surface area contributed by atoms with Crippen molar-refractivity contribution in [2.24, 2.45) is 5.14 Å². The van der Waals surface area contributed by atoms with Crippen molar-refractivity contribution in [3.63, 3.8) is 0 Å². The fourth-order valence-electron chi connectivity index (χ4n) is 1.93. The molecule has 2 N–H and O–H groups in total. The molecule has 0 aliphatic carbocycles. The summed E-state index contributed by atoms with van der Waals surface area (Å²) in [6.07, 6.45) is -0.961. The molecule has 1 unspecified atom stereocenters. The van der Waals surface area contributed by atoms with Gasteiger partial charge in [0.1, 0.15) is 12.2 Å². The van der Waals surface area contributed by atoms with Crippen LogP contribution in [0.5, 0.6) is 0 Å². The van der Waals surface area contributed by atoms with Crippen molar-refractivity contribution in [1.82, 2.24) is 4.98 Å². The maximum absolute atomic E-state index is 10.9. The van der Waals surface area contributed by atoms with Crippen LogP contribution in [0.4, 0.5) is 0 Å². The summed E-state index contributed by atoms with van der Waals surface area (Å²) in [7, 11) is -4.00. The van der Waals surface area contributed by atoms with E-state index in [1.807, 2.05) is 6.92 Å². The average Bonchev–Trinajstić information content (AvgIpc) is 2.77. The Hall–Kier alpha value is -0.580. The second kappa shape index (κ2) is 5.08. The molecular weight excluding hydrogens is 292 g/mol. The van der Waals surface area contributed by atoms with Gasteiger partial charge in [0.15, 0.2) is 5.79 Å². The summed E-state index contributed by atoms with van der Waals surface area (Å²) in [5, 5.41) is 4.82. The SMILES string of the molecule is Cc1ncsc1[C@H]1OC(C)(C)OC1COS(N)(=O)=O. The molecule has 0 aromatic carbocycles. The molecule has 1 saturated heterocycles. The van der Waals surface area contributed by atoms with Gasteiger partial charge in [-0.25, -0.2) is 10.1 Å². The smallest absolute Gasteiger partial charge is 0.333 e. The van der Waals surface area contributed by atoms with E-state index in [1.165, 1.54) is 11.3 Å². The Bertz CT molecular complexity index is 554. The lowest BCUT2D eigenvalue weighted by molar-refractivity contribution is -0.148. The number of hydrogen-bond donors (Lipinski definition) is 1. The molecule has 0 radical (unpaired) electrons. The molecular formula is C10H16N2O5S2. The van der Waals surface area contributed by atoms with Gasteiger partial charge >= 0.3 is 10.3 Å². The van der Waals surface area contributed by atoms with Crippen molar-refractivity contribution in [2.45, 2.75) is 38.8 Å². The summed E-state index contributed by atoms with van der Waals surface area (Å²) in [6.45, 7) is 5.18. The first kappa shape index (κ1) is 14.8. The third kappa shape index (κ3) is 3.71. The van der Waals surface area contributed by atoms with Crippen LogP contribution < -0.4 is 5.14 Å². The Labute approximate surface area is 115 Å². The van der Waals surface area contributed by atoms with E-state index in [-0.39, 0.29) is 6.61 Å². The van der Waals surface area contributed by atoms with Gasteiger partial charge in [-0.2, -0.15) is 8.42 Å². The van der Waals surface area contributed by atoms with Gasteiger partial charge in [-0.1, -0.05) is 0 Å². The number of nitrogens with two attached hydrogens (primary N) is 1. The van der Waals surface area contributed by atoms with Gasteiger partial charge in [0.05, 0.1) is 22.7 Å². The summed E-state index contributed by atoms with van der Waals surface area (Å²) >= 11 is 1.43. The van der Waals surface area contributed by atoms with Crippen LogP contribution in [0, 0.1) is 6.92 Å². The molecule has 19 heavy (non-hydrogen) atoms. The third-order valence-corrected chi connectivity index (χ3v) is 4.08. The van der Waals surface area contributed by atoms with Gasteiger partial charge < -0.3 is 9.47 Å². The highest BCUT2D eigenvalue weighted by Crippen LogP contribution is 2.40. The Kier molecular flexibility index (Phi) is 3.96. The fraction of sp³-hybridized carbons (Fsp3) is 0.700. The molecule has 0 amide bonds. The van der Waals surface area contributed by atoms with Crippen LogP contribution in [0.3, 0.4) is 0 Å². The van der Waals surface area contributed by atoms with Crippen LogP contribution in [0.2, 0.25) is 0 Å². The first-order valence-electron chi connectivity index (χ1n) is 5.61. The van der Waals surface area contributed by atoms with Gasteiger partial charge in [-0.05, 0) is 20.8 Å². The molecule has 9 heteroatoms. The molecule has 7 nitrogen and oxygen atoms in total. The van der Waals surface area contributed by atoms with Crippen LogP contribution >= 0.6 is 11.3 Å². The van der Waals surface area contributed by atoms with Gasteiger partial charge in [-0.15, -0.1) is 11.3 Å². The minimum atomic E-state index is -4.00. The van der Waals surface area contributed by atoms with Crippen LogP contribution in [0.1, 0.15) is 30.5 Å². The second-order valence-electron chi connectivity index (χ2n) is 4.67. The Morgan fingerprint density at radius 3 is 2.74 bits per heavy atom. The van der Waals surface area contributed by atoms with Crippen molar-refractivity contribution in [3.8, 4) is 0 Å². The molecule has 0 bridgehead atoms. The molecule has 1 aromatic rings. The van der Waals surface area contributed by atoms with E-state index >= 15 is 0 Å². The van der Waals surface area contributed by atoms with E-state index in [2.05, 4.69) is 9.17 Å². The van der Waals surface area contributed by atoms with E-state index < -0.39 is 28.3 Å². The normalized spacial score (nSPS) is 26.7. The van der Waals surface area contributed by atoms with Gasteiger partial charge in [0.2, 0.25) is 0 Å². The van der Waals surface area contributed by atoms with Crippen LogP contribution in [0.15, 0.2) is 5.51 Å². The highest BCUT2D eigenvalue weighted by atomic mass is 32.2. The molecule has 2 heterocycles. The standard InChI is InChI=1S/C10H16N2O5S2/c1-6-9(18-5-12-6)8-7(4-15-19(11,13)14)16-10(2,3)17-8/h5,7-8H,4H2,1-3H3,(H2,11,13,14)/t7?,8-/m0/s1. The zero-order chi connectivity index (χ0) is 14.3. The van der Waals surface area contributed by atoms with Gasteiger partial charge in [0, 0.05) is 0 Å². The lowest BCUT2D eigenvalue weighted by Gasteiger charge is -2.16. The van der Waals surface area contributed by atoms with Crippen molar-refractivity contribution in [1.29, 1.82) is 0 Å². The summed E-state index contributed by atoms with van der Waals surface area (Å²) < 4.78 is 37.8. The zero-order valence-electron chi connectivity index (χ0n) is 10.8. The van der Waals surface area contributed by atoms with Gasteiger partial charge in [-0.3, -0.25) is 4.18 Å². The largest absolute Gasteiger partial charge is 0.342 e. The zero-order valence-corrected chi connectivity index (χ0v) is 12.5. The number of rotatable bonds is 4. The average molecular weight is 308 g/mol. The van der Waals surface area contributed by atoms with Crippen molar-refractivity contribution in [3.05, 3.63) is 16.1 Å². The molecule has 2 rings (SSSR count). The molecule has 1 fully saturated rings. The highest BCUT2D eigenvalue weighted by Gasteiger charge is 2.44. The van der Waals surface area contributed by atoms with E-state index in [4.69, 9.17) is 14.6 Å². The number of thiazole rings is 1. The van der Waals surface area contributed by atoms with Crippen LogP contribution in [-0.2, 0) is 24.0 Å². The highest BCUT2D eigenvalue weighted by molar-refractivity contribution is 7.84. The quantitative estimate of drug-likeness (QED) is 0.885. The van der Waals surface area contributed by atoms with Crippen molar-refractivity contribution >= 4 is 21.6 Å². The van der Waals surface area contributed by atoms with E-state index in [1.54, 1.807) is 19.4 Å². The maximum Gasteiger partial charge on any atom is 0.333 e. The van der Waals surface area contributed by atoms with Crippen molar-refractivity contribution in [2.75, 3.05) is 6.61 Å². The third-order valence-electron chi connectivity index (χ3n) is 2.62. The van der Waals surface area contributed by atoms with E-state index in [0.29, 0.717) is 0 Å². The molecule has 1 aliphatic heterocycles. The van der Waals surface area contributed by atoms with Crippen LogP contribution in [0.25, 0.3) is 0 Å². The topological polar surface area (TPSA) is 101 Å². The number of aromatic nitrogens is 1. The lowest BCUT2D eigenvalue weighted by Crippen LogP contribution is -2.28. The Balaban J connectivity index is 2.18. The number of hydrogen-bond acceptors (Lipinski definition) is 7. The monoisotopic (exact) mass is 308 g/mol. The lowest BCUT2D eigenvalue weighted by atomic mass is 10.1. The predicted octanol–water partition coefficient (Wildman–Crippen LogP) is 0.864. The summed E-state index contributed by atoms with van der Waals surface area (Å²) in [6, 6.07) is 0. The van der Waals surface area contributed by atoms with Crippen LogP contribution in [-0.4, -0.2) is 31.9 Å². The molecule has 1 aromatic heterocycles. The van der Waals surface area contributed by atoms with Crippen molar-refractivity contribution < 1.29 is 22.1 Å². The summed E-state index contributed by atoms with van der Waals surface area (Å²) in [5.74, 6) is -0.812. The molecule has 108 valence electrons. The maximum atomic E-state index is 10.9. The minimum absolute atomic E-state index is 0.190. The number of nitrogens with zero attached hydrogens (tertiary/aromatic N) is 1. The van der Waals surface area contributed by atoms with E-state index in [9.17, 15) is 8.42 Å². The predicted molar refractivity (Wildman–Crippen MR) is 68.7 cm³/mol. The number of aryl methyl sites for hydroxylation is 1. The molecule has 2 atom stereocenters. The Morgan fingerprint density at radius 1 is 1.53 bits per heavy atom. The summed E-state index contributed by atoms with van der Waals surface area (Å²) in [5.41, 5.74) is 2.54. The second-order valence-corrected chi connectivity index (χ2v) is 6.78. The number of ether oxygens (including phenoxy) is 2. The first-order valence-corrected chi connectivity index (χ1v) is 7.96. The minimum Gasteiger partial charge on any atom is -0.342 e. The molecule has 0 saturated carbocycles. The molecule has 1 aliphatic rings. The van der Waals surface area contributed by atoms with E-state index in [0.717, 1.165) is 10.6 Å². The first-order chi connectivity index (χ1) is 8.68. The summed E-state index contributed by atoms with van der Waals surface area (Å²) in [4.78, 5) is 5.05.